The Morgan fingerprint density at radius 3 is 2.53 bits per heavy atom. The number of carbonyl (C=O) groups excluding carboxylic acids is 3. The second-order valence-electron chi connectivity index (χ2n) is 10.7. The number of unbranched alkanes of at least 4 members (excludes halogenated alkanes) is 2. The number of amides is 3. The number of nitrogens with zero attached hydrogens (tertiary/aromatic N) is 1. The molecule has 3 aliphatic heterocycles. The molecule has 9 nitrogen and oxygen atoms in total. The van der Waals surface area contributed by atoms with Crippen LogP contribution in [-0.4, -0.2) is 70.8 Å². The highest BCUT2D eigenvalue weighted by Crippen LogP contribution is 2.63. The molecule has 0 saturated carbocycles. The first-order valence-corrected chi connectivity index (χ1v) is 13.1. The zero-order valence-corrected chi connectivity index (χ0v) is 21.7. The molecular weight excluding hydrogens is 462 g/mol. The van der Waals surface area contributed by atoms with Crippen molar-refractivity contribution < 1.29 is 29.0 Å². The van der Waals surface area contributed by atoms with Gasteiger partial charge in [-0.1, -0.05) is 0 Å². The van der Waals surface area contributed by atoms with Crippen molar-refractivity contribution in [2.24, 2.45) is 11.8 Å². The Morgan fingerprint density at radius 1 is 1.17 bits per heavy atom. The van der Waals surface area contributed by atoms with E-state index in [0.717, 1.165) is 6.42 Å². The minimum atomic E-state index is -1.03. The van der Waals surface area contributed by atoms with Crippen molar-refractivity contribution in [1.82, 2.24) is 10.2 Å². The highest BCUT2D eigenvalue weighted by Gasteiger charge is 2.77. The first-order valence-electron chi connectivity index (χ1n) is 13.1. The number of aliphatic hydroxyl groups excluding tert-OH is 1. The number of ether oxygens (including phenoxy) is 2. The van der Waals surface area contributed by atoms with E-state index in [1.807, 2.05) is 27.7 Å². The summed E-state index contributed by atoms with van der Waals surface area (Å²) in [5, 5.41) is 15.1. The highest BCUT2D eigenvalue weighted by molar-refractivity contribution is 6.02. The van der Waals surface area contributed by atoms with E-state index in [9.17, 15) is 14.4 Å². The molecule has 3 saturated heterocycles. The normalized spacial score (nSPS) is 30.6. The van der Waals surface area contributed by atoms with Crippen LogP contribution in [0, 0.1) is 11.8 Å². The fourth-order valence-corrected chi connectivity index (χ4v) is 6.32. The summed E-state index contributed by atoms with van der Waals surface area (Å²) >= 11 is 0. The van der Waals surface area contributed by atoms with E-state index in [1.165, 1.54) is 0 Å². The van der Waals surface area contributed by atoms with Crippen molar-refractivity contribution in [2.45, 2.75) is 83.1 Å². The fraction of sp³-hybridized carbons (Fsp3) is 0.667. The smallest absolute Gasteiger partial charge is 0.246 e. The molecule has 4 rings (SSSR count). The summed E-state index contributed by atoms with van der Waals surface area (Å²) in [6.07, 6.45) is 3.21. The van der Waals surface area contributed by atoms with E-state index < -0.39 is 29.1 Å². The molecule has 0 radical (unpaired) electrons. The molecule has 3 N–H and O–H groups in total. The first kappa shape index (κ1) is 26.4. The maximum Gasteiger partial charge on any atom is 0.246 e. The van der Waals surface area contributed by atoms with Crippen LogP contribution >= 0.6 is 0 Å². The van der Waals surface area contributed by atoms with Gasteiger partial charge in [0.25, 0.3) is 0 Å². The predicted molar refractivity (Wildman–Crippen MR) is 134 cm³/mol. The van der Waals surface area contributed by atoms with Crippen LogP contribution in [0.5, 0.6) is 5.75 Å². The van der Waals surface area contributed by atoms with Gasteiger partial charge in [-0.05, 0) is 84.1 Å². The van der Waals surface area contributed by atoms with E-state index in [4.69, 9.17) is 14.6 Å². The van der Waals surface area contributed by atoms with Gasteiger partial charge in [-0.3, -0.25) is 14.4 Å². The molecule has 36 heavy (non-hydrogen) atoms. The first-order chi connectivity index (χ1) is 17.2. The van der Waals surface area contributed by atoms with Gasteiger partial charge in [0.15, 0.2) is 0 Å². The number of benzene rings is 1. The van der Waals surface area contributed by atoms with Crippen LogP contribution in [0.25, 0.3) is 0 Å². The molecule has 3 amide bonds. The van der Waals surface area contributed by atoms with Gasteiger partial charge < -0.3 is 30.1 Å². The predicted octanol–water partition coefficient (Wildman–Crippen LogP) is 2.48. The molecule has 0 aromatic heterocycles. The van der Waals surface area contributed by atoms with Gasteiger partial charge in [0, 0.05) is 24.9 Å². The summed E-state index contributed by atoms with van der Waals surface area (Å²) in [5.41, 5.74) is -1.23. The maximum atomic E-state index is 13.9. The summed E-state index contributed by atoms with van der Waals surface area (Å²) in [6, 6.07) is 6.26. The number of carbonyl (C=O) groups is 3. The van der Waals surface area contributed by atoms with Crippen molar-refractivity contribution in [3.05, 3.63) is 24.3 Å². The average Bonchev–Trinajstić information content (AvgIpc) is 3.38. The third-order valence-electron chi connectivity index (χ3n) is 7.73. The molecule has 3 heterocycles. The largest absolute Gasteiger partial charge is 0.494 e. The van der Waals surface area contributed by atoms with E-state index in [2.05, 4.69) is 10.6 Å². The van der Waals surface area contributed by atoms with Crippen LogP contribution < -0.4 is 15.4 Å². The number of nitrogens with one attached hydrogen (secondary N) is 2. The SMILES string of the molecule is CCOc1ccc(NC(=O)[C@H]2[C@H]3C(=O)N(CCCCCO)C(C(=O)NC(C)C)C34CC[C@]2(C)O4)cc1. The Bertz CT molecular complexity index is 982. The zero-order valence-electron chi connectivity index (χ0n) is 21.7. The molecule has 9 heteroatoms. The molecule has 2 bridgehead atoms. The van der Waals surface area contributed by atoms with Gasteiger partial charge >= 0.3 is 0 Å². The Balaban J connectivity index is 1.61. The van der Waals surface area contributed by atoms with E-state index in [1.54, 1.807) is 29.2 Å². The van der Waals surface area contributed by atoms with Crippen molar-refractivity contribution in [3.63, 3.8) is 0 Å². The van der Waals surface area contributed by atoms with Crippen LogP contribution in [0.15, 0.2) is 24.3 Å². The van der Waals surface area contributed by atoms with Crippen molar-refractivity contribution in [2.75, 3.05) is 25.1 Å². The second kappa shape index (κ2) is 10.4. The van der Waals surface area contributed by atoms with E-state index >= 15 is 0 Å². The summed E-state index contributed by atoms with van der Waals surface area (Å²) in [4.78, 5) is 42.6. The molecule has 0 aliphatic carbocycles. The Labute approximate surface area is 212 Å². The van der Waals surface area contributed by atoms with E-state index in [-0.39, 0.29) is 30.4 Å². The Hall–Kier alpha value is -2.65. The number of aliphatic hydroxyl groups is 1. The van der Waals surface area contributed by atoms with Crippen molar-refractivity contribution in [1.29, 1.82) is 0 Å². The van der Waals surface area contributed by atoms with Gasteiger partial charge in [-0.25, -0.2) is 0 Å². The fourth-order valence-electron chi connectivity index (χ4n) is 6.32. The molecule has 5 atom stereocenters. The van der Waals surface area contributed by atoms with Gasteiger partial charge in [0.1, 0.15) is 17.4 Å². The third-order valence-corrected chi connectivity index (χ3v) is 7.73. The lowest BCUT2D eigenvalue weighted by atomic mass is 9.66. The van der Waals surface area contributed by atoms with Gasteiger partial charge in [-0.15, -0.1) is 0 Å². The van der Waals surface area contributed by atoms with Gasteiger partial charge in [-0.2, -0.15) is 0 Å². The third kappa shape index (κ3) is 4.59. The number of likely N-dealkylation sites (tertiary alicyclic amines) is 1. The zero-order chi connectivity index (χ0) is 26.1. The molecule has 1 spiro atoms. The van der Waals surface area contributed by atoms with Crippen molar-refractivity contribution >= 4 is 23.4 Å². The van der Waals surface area contributed by atoms with E-state index in [0.29, 0.717) is 50.3 Å². The second-order valence-corrected chi connectivity index (χ2v) is 10.7. The number of anilines is 1. The average molecular weight is 502 g/mol. The monoisotopic (exact) mass is 501 g/mol. The standard InChI is InChI=1S/C27H39N3O6/c1-5-35-19-11-9-18(10-12-19)29-23(32)20-21-25(34)30(15-7-6-8-16-31)22(24(33)28-17(2)3)27(21)14-13-26(20,4)36-27/h9-12,17,20-22,31H,5-8,13-16H2,1-4H3,(H,28,33)(H,29,32)/t20-,21+,22?,26+,27?/m1/s1. The van der Waals surface area contributed by atoms with Crippen LogP contribution in [0.1, 0.15) is 59.8 Å². The Kier molecular flexibility index (Phi) is 7.61. The molecule has 1 aromatic rings. The molecule has 2 unspecified atom stereocenters. The van der Waals surface area contributed by atoms with Crippen LogP contribution in [0.2, 0.25) is 0 Å². The molecular formula is C27H39N3O6. The molecule has 198 valence electrons. The van der Waals surface area contributed by atoms with Crippen LogP contribution in [0.3, 0.4) is 0 Å². The minimum absolute atomic E-state index is 0.0903. The van der Waals surface area contributed by atoms with Crippen LogP contribution in [0.4, 0.5) is 5.69 Å². The summed E-state index contributed by atoms with van der Waals surface area (Å²) in [5.74, 6) is -1.42. The lowest BCUT2D eigenvalue weighted by Gasteiger charge is -2.34. The molecule has 3 fully saturated rings. The van der Waals surface area contributed by atoms with Gasteiger partial charge in [0.05, 0.1) is 24.0 Å². The topological polar surface area (TPSA) is 117 Å². The van der Waals surface area contributed by atoms with Gasteiger partial charge in [0.2, 0.25) is 17.7 Å². The summed E-state index contributed by atoms with van der Waals surface area (Å²) < 4.78 is 12.1. The minimum Gasteiger partial charge on any atom is -0.494 e. The Morgan fingerprint density at radius 2 is 1.89 bits per heavy atom. The van der Waals surface area contributed by atoms with Crippen LogP contribution in [-0.2, 0) is 19.1 Å². The lowest BCUT2D eigenvalue weighted by Crippen LogP contribution is -2.56. The number of fused-ring (bicyclic) bond motifs is 1. The maximum absolute atomic E-state index is 13.9. The highest BCUT2D eigenvalue weighted by atomic mass is 16.5. The number of rotatable bonds is 11. The van der Waals surface area contributed by atoms with Crippen molar-refractivity contribution in [3.8, 4) is 5.75 Å². The number of hydrogen-bond acceptors (Lipinski definition) is 6. The quantitative estimate of drug-likeness (QED) is 0.401. The summed E-state index contributed by atoms with van der Waals surface area (Å²) in [7, 11) is 0. The lowest BCUT2D eigenvalue weighted by molar-refractivity contribution is -0.145. The number of hydrogen-bond donors (Lipinski definition) is 3. The molecule has 3 aliphatic rings. The summed E-state index contributed by atoms with van der Waals surface area (Å²) in [6.45, 7) is 8.60. The molecule has 1 aromatic carbocycles.